The summed E-state index contributed by atoms with van der Waals surface area (Å²) in [7, 11) is 1.61. The third-order valence-electron chi connectivity index (χ3n) is 1.29. The van der Waals surface area contributed by atoms with Crippen LogP contribution in [0.15, 0.2) is 6.20 Å². The Hall–Kier alpha value is -1.20. The Morgan fingerprint density at radius 1 is 1.90 bits per heavy atom. The molecule has 2 N–H and O–H groups in total. The number of carbonyl (C=O) groups excluding carboxylic acids is 1. The molecule has 0 spiro atoms. The molecule has 0 atom stereocenters. The molecule has 1 rings (SSSR count). The Morgan fingerprint density at radius 3 is 2.90 bits per heavy atom. The topological polar surface area (TPSA) is 74.6 Å². The Kier molecular flexibility index (Phi) is 1.79. The van der Waals surface area contributed by atoms with E-state index < -0.39 is 0 Å². The fraction of sp³-hybridized carbons (Fsp3) is 0.200. The smallest absolute Gasteiger partial charge is 0.306 e. The maximum absolute atomic E-state index is 10.2. The van der Waals surface area contributed by atoms with Gasteiger partial charge in [0.25, 0.3) is 0 Å². The molecule has 54 valence electrons. The second-order valence-corrected chi connectivity index (χ2v) is 1.84. The summed E-state index contributed by atoms with van der Waals surface area (Å²) in [6.07, 6.45) is 2.01. The van der Waals surface area contributed by atoms with Crippen molar-refractivity contribution in [2.24, 2.45) is 7.05 Å². The van der Waals surface area contributed by atoms with Crippen LogP contribution in [0.25, 0.3) is 0 Å². The Balaban J connectivity index is 3.08. The summed E-state index contributed by atoms with van der Waals surface area (Å²) in [5.41, 5.74) is 1.01. The van der Waals surface area contributed by atoms with E-state index in [2.05, 4.69) is 4.98 Å². The summed E-state index contributed by atoms with van der Waals surface area (Å²) in [5, 5.41) is 10.2. The molecule has 10 heavy (non-hydrogen) atoms. The van der Waals surface area contributed by atoms with Crippen molar-refractivity contribution < 1.29 is 10.3 Å². The zero-order chi connectivity index (χ0) is 7.56. The van der Waals surface area contributed by atoms with Crippen molar-refractivity contribution in [2.75, 3.05) is 0 Å². The third-order valence-corrected chi connectivity index (χ3v) is 1.29. The van der Waals surface area contributed by atoms with Gasteiger partial charge in [0.1, 0.15) is 5.69 Å². The van der Waals surface area contributed by atoms with E-state index in [1.807, 2.05) is 0 Å². The lowest BCUT2D eigenvalue weighted by molar-refractivity contribution is -0.507. The fourth-order valence-corrected chi connectivity index (χ4v) is 0.657. The molecule has 1 aromatic heterocycles. The standard InChI is InChI=1S/C5H7N3O2/c1-8-4(3-9)2-6-5(8)7-10/h2-3H,7H2,1H3. The normalized spacial score (nSPS) is 9.80. The Bertz CT molecular complexity index is 243. The number of nitrogens with zero attached hydrogens (tertiary/aromatic N) is 2. The van der Waals surface area contributed by atoms with E-state index in [0.29, 0.717) is 17.5 Å². The molecule has 1 aromatic rings. The van der Waals surface area contributed by atoms with Gasteiger partial charge in [-0.15, -0.1) is 0 Å². The average molecular weight is 141 g/mol. The lowest BCUT2D eigenvalue weighted by Gasteiger charge is -1.99. The van der Waals surface area contributed by atoms with Crippen LogP contribution >= 0.6 is 0 Å². The monoisotopic (exact) mass is 141 g/mol. The van der Waals surface area contributed by atoms with Crippen molar-refractivity contribution in [1.29, 1.82) is 0 Å². The molecular weight excluding hydrogens is 134 g/mol. The number of aldehydes is 1. The van der Waals surface area contributed by atoms with E-state index in [-0.39, 0.29) is 5.95 Å². The van der Waals surface area contributed by atoms with Gasteiger partial charge < -0.3 is 10.7 Å². The SMILES string of the molecule is Cn1c(C=O)cnc1[NH2+][O-]. The lowest BCUT2D eigenvalue weighted by atomic mass is 10.5. The predicted molar refractivity (Wildman–Crippen MR) is 33.5 cm³/mol. The first-order valence-corrected chi connectivity index (χ1v) is 2.71. The molecule has 0 aliphatic carbocycles. The summed E-state index contributed by atoms with van der Waals surface area (Å²) >= 11 is 0. The molecule has 0 aliphatic heterocycles. The maximum atomic E-state index is 10.2. The van der Waals surface area contributed by atoms with Crippen molar-refractivity contribution >= 4 is 12.2 Å². The molecule has 1 heterocycles. The van der Waals surface area contributed by atoms with Gasteiger partial charge in [-0.2, -0.15) is 4.98 Å². The highest BCUT2D eigenvalue weighted by atomic mass is 16.5. The number of nitrogens with two attached hydrogens (primary N) is 1. The highest BCUT2D eigenvalue weighted by Gasteiger charge is 2.03. The van der Waals surface area contributed by atoms with E-state index >= 15 is 0 Å². The van der Waals surface area contributed by atoms with Gasteiger partial charge in [-0.25, -0.2) is 0 Å². The van der Waals surface area contributed by atoms with Crippen LogP contribution in [0.5, 0.6) is 0 Å². The minimum Gasteiger partial charge on any atom is -0.628 e. The first-order valence-electron chi connectivity index (χ1n) is 2.71. The molecule has 0 aromatic carbocycles. The van der Waals surface area contributed by atoms with Crippen molar-refractivity contribution in [3.8, 4) is 0 Å². The number of quaternary nitrogens is 1. The molecule has 0 aliphatic rings. The largest absolute Gasteiger partial charge is 0.628 e. The van der Waals surface area contributed by atoms with Gasteiger partial charge >= 0.3 is 5.95 Å². The molecule has 5 nitrogen and oxygen atoms in total. The van der Waals surface area contributed by atoms with E-state index in [0.717, 1.165) is 0 Å². The summed E-state index contributed by atoms with van der Waals surface area (Å²) < 4.78 is 1.43. The Morgan fingerprint density at radius 2 is 2.60 bits per heavy atom. The van der Waals surface area contributed by atoms with Crippen LogP contribution in [0.3, 0.4) is 0 Å². The minimum absolute atomic E-state index is 0.266. The van der Waals surface area contributed by atoms with Crippen molar-refractivity contribution in [3.05, 3.63) is 17.1 Å². The number of carbonyl (C=O) groups is 1. The summed E-state index contributed by atoms with van der Waals surface area (Å²) in [6.45, 7) is 0. The lowest BCUT2D eigenvalue weighted by Crippen LogP contribution is -2.71. The summed E-state index contributed by atoms with van der Waals surface area (Å²) in [5.74, 6) is 0.266. The van der Waals surface area contributed by atoms with Crippen molar-refractivity contribution in [1.82, 2.24) is 9.55 Å². The van der Waals surface area contributed by atoms with E-state index in [1.54, 1.807) is 7.05 Å². The van der Waals surface area contributed by atoms with Crippen LogP contribution in [-0.2, 0) is 7.05 Å². The first-order chi connectivity index (χ1) is 4.79. The highest BCUT2D eigenvalue weighted by Crippen LogP contribution is 1.98. The predicted octanol–water partition coefficient (Wildman–Crippen LogP) is -1.07. The zero-order valence-electron chi connectivity index (χ0n) is 5.44. The average Bonchev–Trinajstić information content (AvgIpc) is 2.30. The third kappa shape index (κ3) is 0.916. The van der Waals surface area contributed by atoms with Gasteiger partial charge in [0.15, 0.2) is 6.29 Å². The van der Waals surface area contributed by atoms with Crippen LogP contribution in [0.2, 0.25) is 0 Å². The van der Waals surface area contributed by atoms with Gasteiger partial charge in [-0.1, -0.05) is 0 Å². The summed E-state index contributed by atoms with van der Waals surface area (Å²) in [6, 6.07) is 0. The van der Waals surface area contributed by atoms with Gasteiger partial charge in [-0.3, -0.25) is 9.36 Å². The Labute approximate surface area is 57.3 Å². The highest BCUT2D eigenvalue weighted by molar-refractivity contribution is 5.72. The number of rotatable bonds is 2. The first kappa shape index (κ1) is 6.91. The molecule has 0 saturated carbocycles. The fourth-order valence-electron chi connectivity index (χ4n) is 0.657. The molecule has 5 heteroatoms. The minimum atomic E-state index is 0.266. The van der Waals surface area contributed by atoms with Crippen LogP contribution in [0.4, 0.5) is 5.95 Å². The van der Waals surface area contributed by atoms with Crippen LogP contribution < -0.4 is 5.48 Å². The maximum Gasteiger partial charge on any atom is 0.306 e. The number of hydrogen-bond donors (Lipinski definition) is 1. The van der Waals surface area contributed by atoms with E-state index in [1.165, 1.54) is 10.8 Å². The molecule has 0 saturated heterocycles. The molecular formula is C5H7N3O2. The van der Waals surface area contributed by atoms with E-state index in [9.17, 15) is 10.0 Å². The molecule has 0 unspecified atom stereocenters. The van der Waals surface area contributed by atoms with Gasteiger partial charge in [-0.05, 0) is 0 Å². The second-order valence-electron chi connectivity index (χ2n) is 1.84. The molecule has 0 radical (unpaired) electrons. The molecule has 0 fully saturated rings. The zero-order valence-corrected chi connectivity index (χ0v) is 5.44. The van der Waals surface area contributed by atoms with E-state index in [4.69, 9.17) is 0 Å². The quantitative estimate of drug-likeness (QED) is 0.420. The summed E-state index contributed by atoms with van der Waals surface area (Å²) in [4.78, 5) is 13.8. The number of hydrogen-bond acceptors (Lipinski definition) is 3. The van der Waals surface area contributed by atoms with Crippen LogP contribution in [-0.4, -0.2) is 15.8 Å². The number of aromatic nitrogens is 2. The van der Waals surface area contributed by atoms with Gasteiger partial charge in [0.05, 0.1) is 6.20 Å². The van der Waals surface area contributed by atoms with Crippen LogP contribution in [0.1, 0.15) is 10.5 Å². The molecule has 0 amide bonds. The van der Waals surface area contributed by atoms with Gasteiger partial charge in [0.2, 0.25) is 0 Å². The van der Waals surface area contributed by atoms with Crippen LogP contribution in [0, 0.1) is 5.21 Å². The van der Waals surface area contributed by atoms with Crippen molar-refractivity contribution in [2.45, 2.75) is 0 Å². The molecule has 0 bridgehead atoms. The van der Waals surface area contributed by atoms with Crippen molar-refractivity contribution in [3.63, 3.8) is 0 Å². The second kappa shape index (κ2) is 2.59. The van der Waals surface area contributed by atoms with Gasteiger partial charge in [0, 0.05) is 7.05 Å². The number of imidazole rings is 1.